The van der Waals surface area contributed by atoms with Gasteiger partial charge in [-0.05, 0) is 202 Å². The first-order valence-electron chi connectivity index (χ1n) is 29.0. The van der Waals surface area contributed by atoms with Crippen LogP contribution in [0.25, 0.3) is 20.2 Å². The van der Waals surface area contributed by atoms with Gasteiger partial charge in [-0.25, -0.2) is 0 Å². The van der Waals surface area contributed by atoms with E-state index in [0.717, 1.165) is 0 Å². The van der Waals surface area contributed by atoms with Crippen molar-refractivity contribution in [3.63, 3.8) is 0 Å². The summed E-state index contributed by atoms with van der Waals surface area (Å²) in [7, 11) is 0. The molecule has 0 radical (unpaired) electrons. The Hall–Kier alpha value is -5.78. The molecule has 3 aliphatic heterocycles. The third kappa shape index (κ3) is 6.66. The minimum absolute atomic E-state index is 0.0123. The first-order valence-corrected chi connectivity index (χ1v) is 29.8. The summed E-state index contributed by atoms with van der Waals surface area (Å²) in [5.74, 6) is 0. The topological polar surface area (TPSA) is 9.72 Å². The molecule has 3 nitrogen and oxygen atoms in total. The number of rotatable bonds is 4. The summed E-state index contributed by atoms with van der Waals surface area (Å²) in [5, 5.41) is 2.67. The standard InChI is InChI=1S/C71H78BN3S/c1-43-35-59-63-60(36-43)75-64-55(70(13)29-17-18-30-71(70,75)14)37-44(65(2,3)4)38-57(64)72(63)56-28-24-47(41-58(56)74(59)48-21-25-50-49-19-15-16-20-61(49)76-62(50)42-48)73(45-22-26-51-53(39-45)68(9,10)33-31-66(51,5)6)46-23-27-52-54(40-46)69(11,12)34-32-67(52,7)8/h15-16,19-28,35-42H,17-18,29-34H2,1-14H3. The number of aryl methyl sites for hydroxylation is 1. The average molecular weight is 1020 g/mol. The predicted octanol–water partition coefficient (Wildman–Crippen LogP) is 18.2. The largest absolute Gasteiger partial charge is 0.335 e. The molecular formula is C71H78BN3S. The van der Waals surface area contributed by atoms with Gasteiger partial charge in [0.15, 0.2) is 0 Å². The van der Waals surface area contributed by atoms with Crippen LogP contribution in [-0.2, 0) is 32.5 Å². The van der Waals surface area contributed by atoms with Crippen molar-refractivity contribution in [3.8, 4) is 0 Å². The summed E-state index contributed by atoms with van der Waals surface area (Å²) < 4.78 is 2.67. The maximum absolute atomic E-state index is 2.90. The normalized spacial score (nSPS) is 22.9. The van der Waals surface area contributed by atoms with Crippen LogP contribution >= 0.6 is 11.3 Å². The van der Waals surface area contributed by atoms with Crippen molar-refractivity contribution in [2.24, 2.45) is 0 Å². The second-order valence-corrected chi connectivity index (χ2v) is 29.8. The number of hydrogen-bond acceptors (Lipinski definition) is 4. The third-order valence-corrected chi connectivity index (χ3v) is 22.2. The van der Waals surface area contributed by atoms with E-state index in [9.17, 15) is 0 Å². The van der Waals surface area contributed by atoms with Gasteiger partial charge in [0.1, 0.15) is 0 Å². The molecule has 3 aliphatic carbocycles. The first-order chi connectivity index (χ1) is 35.9. The van der Waals surface area contributed by atoms with Crippen LogP contribution in [0.5, 0.6) is 0 Å². The zero-order valence-electron chi connectivity index (χ0n) is 48.0. The summed E-state index contributed by atoms with van der Waals surface area (Å²) in [6.45, 7) is 34.7. The van der Waals surface area contributed by atoms with Crippen molar-refractivity contribution in [1.29, 1.82) is 0 Å². The van der Waals surface area contributed by atoms with E-state index < -0.39 is 0 Å². The van der Waals surface area contributed by atoms with Crippen molar-refractivity contribution in [3.05, 3.63) is 160 Å². The van der Waals surface area contributed by atoms with Crippen LogP contribution in [0.1, 0.15) is 180 Å². The van der Waals surface area contributed by atoms with Gasteiger partial charge in [0.2, 0.25) is 0 Å². The number of thiophene rings is 1. The SMILES string of the molecule is Cc1cc2c3c(c1)N1c4c(cc(C(C)(C)C)cc4C4(C)CCCCC14C)B3c1ccc(N(c3ccc4c(c3)C(C)(C)CCC4(C)C)c3ccc4c(c3)C(C)(C)CCC4(C)C)cc1N2c1ccc2c(c1)sc1ccccc12. The Morgan fingerprint density at radius 3 is 1.74 bits per heavy atom. The molecule has 76 heavy (non-hydrogen) atoms. The smallest absolute Gasteiger partial charge is 0.252 e. The van der Waals surface area contributed by atoms with E-state index in [4.69, 9.17) is 0 Å². The Kier molecular flexibility index (Phi) is 10.0. The van der Waals surface area contributed by atoms with Gasteiger partial charge in [0.25, 0.3) is 6.71 Å². The van der Waals surface area contributed by atoms with Crippen LogP contribution < -0.4 is 31.1 Å². The minimum atomic E-state index is -0.0475. The van der Waals surface area contributed by atoms with E-state index in [1.807, 2.05) is 11.3 Å². The number of hydrogen-bond donors (Lipinski definition) is 0. The van der Waals surface area contributed by atoms with Crippen LogP contribution in [0.4, 0.5) is 45.5 Å². The molecule has 1 saturated carbocycles. The Morgan fingerprint density at radius 1 is 0.500 bits per heavy atom. The summed E-state index contributed by atoms with van der Waals surface area (Å²) >= 11 is 1.92. The fourth-order valence-corrected chi connectivity index (χ4v) is 17.2. The Balaban J connectivity index is 1.07. The highest BCUT2D eigenvalue weighted by Crippen LogP contribution is 2.63. The summed E-state index contributed by atoms with van der Waals surface area (Å²) in [5.41, 5.74) is 25.3. The number of fused-ring (bicyclic) bond motifs is 12. The fraction of sp³-hybridized carbons (Fsp3) is 0.408. The molecule has 8 aromatic rings. The lowest BCUT2D eigenvalue weighted by Gasteiger charge is -2.53. The Morgan fingerprint density at radius 2 is 1.08 bits per heavy atom. The van der Waals surface area contributed by atoms with Crippen molar-refractivity contribution >= 4 is 100 Å². The van der Waals surface area contributed by atoms with Crippen LogP contribution in [0.2, 0.25) is 0 Å². The van der Waals surface area contributed by atoms with Crippen LogP contribution in [0, 0.1) is 6.92 Å². The fourth-order valence-electron chi connectivity index (χ4n) is 16.0. The first kappa shape index (κ1) is 48.6. The van der Waals surface area contributed by atoms with Crippen molar-refractivity contribution in [1.82, 2.24) is 0 Å². The van der Waals surface area contributed by atoms with E-state index >= 15 is 0 Å². The molecule has 0 spiro atoms. The maximum atomic E-state index is 2.90. The molecule has 14 rings (SSSR count). The lowest BCUT2D eigenvalue weighted by molar-refractivity contribution is 0.195. The van der Waals surface area contributed by atoms with E-state index in [1.54, 1.807) is 5.56 Å². The van der Waals surface area contributed by atoms with Gasteiger partial charge in [-0.2, -0.15) is 0 Å². The van der Waals surface area contributed by atoms with Gasteiger partial charge in [-0.1, -0.05) is 151 Å². The van der Waals surface area contributed by atoms with Crippen LogP contribution in [-0.4, -0.2) is 12.3 Å². The second kappa shape index (κ2) is 15.7. The molecule has 2 unspecified atom stereocenters. The predicted molar refractivity (Wildman–Crippen MR) is 330 cm³/mol. The van der Waals surface area contributed by atoms with Crippen molar-refractivity contribution in [2.45, 2.75) is 186 Å². The molecule has 7 aromatic carbocycles. The monoisotopic (exact) mass is 1020 g/mol. The Labute approximate surface area is 458 Å². The maximum Gasteiger partial charge on any atom is 0.252 e. The number of benzene rings is 7. The van der Waals surface area contributed by atoms with Crippen molar-refractivity contribution < 1.29 is 0 Å². The van der Waals surface area contributed by atoms with E-state index in [0.29, 0.717) is 0 Å². The summed E-state index contributed by atoms with van der Waals surface area (Å²) in [4.78, 5) is 8.23. The Bertz CT molecular complexity index is 3720. The highest BCUT2D eigenvalue weighted by Gasteiger charge is 2.61. The minimum Gasteiger partial charge on any atom is -0.335 e. The summed E-state index contributed by atoms with van der Waals surface area (Å²) in [6.07, 6.45) is 9.68. The molecule has 0 bridgehead atoms. The van der Waals surface area contributed by atoms with Gasteiger partial charge in [0.05, 0.1) is 5.54 Å². The average Bonchev–Trinajstić information content (AvgIpc) is 4.05. The highest BCUT2D eigenvalue weighted by atomic mass is 32.1. The molecule has 0 N–H and O–H groups in total. The highest BCUT2D eigenvalue weighted by molar-refractivity contribution is 7.25. The molecule has 6 aliphatic rings. The van der Waals surface area contributed by atoms with E-state index in [1.165, 1.54) is 167 Å². The lowest BCUT2D eigenvalue weighted by atomic mass is 9.33. The molecule has 4 heterocycles. The van der Waals surface area contributed by atoms with Gasteiger partial charge in [-0.15, -0.1) is 11.3 Å². The molecule has 2 atom stereocenters. The molecule has 5 heteroatoms. The quantitative estimate of drug-likeness (QED) is 0.163. The molecule has 0 amide bonds. The third-order valence-electron chi connectivity index (χ3n) is 21.1. The van der Waals surface area contributed by atoms with E-state index in [-0.39, 0.29) is 44.7 Å². The van der Waals surface area contributed by atoms with Gasteiger partial charge < -0.3 is 14.7 Å². The van der Waals surface area contributed by atoms with Crippen LogP contribution in [0.3, 0.4) is 0 Å². The second-order valence-electron chi connectivity index (χ2n) is 28.7. The van der Waals surface area contributed by atoms with Gasteiger partial charge >= 0.3 is 0 Å². The van der Waals surface area contributed by atoms with Gasteiger partial charge in [0, 0.05) is 71.1 Å². The number of nitrogens with zero attached hydrogens (tertiary/aromatic N) is 3. The number of anilines is 8. The zero-order chi connectivity index (χ0) is 53.0. The van der Waals surface area contributed by atoms with Crippen LogP contribution in [0.15, 0.2) is 121 Å². The lowest BCUT2D eigenvalue weighted by Crippen LogP contribution is -2.64. The molecule has 1 fully saturated rings. The molecule has 1 aromatic heterocycles. The zero-order valence-corrected chi connectivity index (χ0v) is 48.8. The summed E-state index contributed by atoms with van der Waals surface area (Å²) in [6, 6.07) is 49.4. The van der Waals surface area contributed by atoms with Crippen molar-refractivity contribution in [2.75, 3.05) is 14.7 Å². The van der Waals surface area contributed by atoms with E-state index in [2.05, 4.69) is 233 Å². The molecular weight excluding hydrogens is 938 g/mol. The van der Waals surface area contributed by atoms with Gasteiger partial charge in [-0.3, -0.25) is 0 Å². The molecule has 386 valence electrons. The molecule has 0 saturated heterocycles.